The first-order chi connectivity index (χ1) is 29.8. The molecule has 0 amide bonds. The summed E-state index contributed by atoms with van der Waals surface area (Å²) < 4.78 is 2.61. The zero-order chi connectivity index (χ0) is 39.6. The van der Waals surface area contributed by atoms with Crippen LogP contribution < -0.4 is 4.90 Å². The summed E-state index contributed by atoms with van der Waals surface area (Å²) in [6.07, 6.45) is 0. The Hall–Kier alpha value is -7.52. The molecule has 0 spiro atoms. The number of anilines is 3. The second kappa shape index (κ2) is 14.1. The maximum absolute atomic E-state index is 2.45. The molecule has 1 nitrogen and oxygen atoms in total. The predicted molar refractivity (Wildman–Crippen MR) is 260 cm³/mol. The Kier molecular flexibility index (Phi) is 8.11. The van der Waals surface area contributed by atoms with Crippen molar-refractivity contribution in [3.05, 3.63) is 224 Å². The molecular formula is C58H37NS. The second-order valence-corrected chi connectivity index (χ2v) is 16.7. The van der Waals surface area contributed by atoms with Crippen molar-refractivity contribution in [2.45, 2.75) is 0 Å². The van der Waals surface area contributed by atoms with Crippen molar-refractivity contribution in [3.8, 4) is 33.4 Å². The second-order valence-electron chi connectivity index (χ2n) is 15.6. The highest BCUT2D eigenvalue weighted by Crippen LogP contribution is 2.47. The lowest BCUT2D eigenvalue weighted by atomic mass is 9.84. The molecule has 12 aromatic rings. The molecule has 1 aromatic heterocycles. The largest absolute Gasteiger partial charge is 0.310 e. The molecule has 0 radical (unpaired) electrons. The lowest BCUT2D eigenvalue weighted by molar-refractivity contribution is 1.31. The van der Waals surface area contributed by atoms with Crippen molar-refractivity contribution in [2.75, 3.05) is 4.90 Å². The van der Waals surface area contributed by atoms with Crippen LogP contribution in [0.2, 0.25) is 0 Å². The lowest BCUT2D eigenvalue weighted by Crippen LogP contribution is -2.10. The van der Waals surface area contributed by atoms with Crippen LogP contribution in [-0.2, 0) is 0 Å². The molecule has 12 rings (SSSR count). The monoisotopic (exact) mass is 779 g/mol. The average Bonchev–Trinajstić information content (AvgIpc) is 3.70. The molecule has 0 fully saturated rings. The maximum Gasteiger partial charge on any atom is 0.0546 e. The average molecular weight is 780 g/mol. The van der Waals surface area contributed by atoms with Crippen LogP contribution in [0.5, 0.6) is 0 Å². The van der Waals surface area contributed by atoms with Gasteiger partial charge < -0.3 is 4.90 Å². The normalized spacial score (nSPS) is 11.7. The summed E-state index contributed by atoms with van der Waals surface area (Å²) in [6, 6.07) is 82.6. The number of hydrogen-bond donors (Lipinski definition) is 0. The third-order valence-corrected chi connectivity index (χ3v) is 13.4. The third kappa shape index (κ3) is 5.61. The minimum Gasteiger partial charge on any atom is -0.310 e. The minimum atomic E-state index is 1.11. The number of fused-ring (bicyclic) bond motifs is 9. The van der Waals surface area contributed by atoms with Crippen molar-refractivity contribution < 1.29 is 0 Å². The molecule has 0 bridgehead atoms. The summed E-state index contributed by atoms with van der Waals surface area (Å²) >= 11 is 1.86. The highest BCUT2D eigenvalue weighted by Gasteiger charge is 2.21. The molecule has 2 heteroatoms. The van der Waals surface area contributed by atoms with Gasteiger partial charge in [-0.1, -0.05) is 176 Å². The van der Waals surface area contributed by atoms with E-state index in [1.807, 2.05) is 11.3 Å². The minimum absolute atomic E-state index is 1.11. The van der Waals surface area contributed by atoms with Crippen LogP contribution in [0.4, 0.5) is 17.1 Å². The summed E-state index contributed by atoms with van der Waals surface area (Å²) in [5.74, 6) is 0. The number of thiophene rings is 1. The lowest BCUT2D eigenvalue weighted by Gasteiger charge is -2.28. The molecule has 0 saturated carbocycles. The zero-order valence-corrected chi connectivity index (χ0v) is 33.5. The van der Waals surface area contributed by atoms with Gasteiger partial charge in [0, 0.05) is 36.9 Å². The fourth-order valence-electron chi connectivity index (χ4n) is 9.48. The van der Waals surface area contributed by atoms with Gasteiger partial charge in [0.1, 0.15) is 0 Å². The van der Waals surface area contributed by atoms with E-state index in [0.29, 0.717) is 0 Å². The van der Waals surface area contributed by atoms with E-state index in [4.69, 9.17) is 0 Å². The first-order valence-corrected chi connectivity index (χ1v) is 21.4. The zero-order valence-electron chi connectivity index (χ0n) is 32.7. The molecule has 0 aliphatic carbocycles. The van der Waals surface area contributed by atoms with Crippen LogP contribution >= 0.6 is 11.3 Å². The summed E-state index contributed by atoms with van der Waals surface area (Å²) in [6.45, 7) is 0. The number of benzene rings is 11. The van der Waals surface area contributed by atoms with E-state index in [1.54, 1.807) is 0 Å². The highest BCUT2D eigenvalue weighted by molar-refractivity contribution is 7.25. The van der Waals surface area contributed by atoms with E-state index in [0.717, 1.165) is 17.1 Å². The molecule has 11 aromatic carbocycles. The van der Waals surface area contributed by atoms with Crippen molar-refractivity contribution >= 4 is 91.7 Å². The Morgan fingerprint density at radius 3 is 1.52 bits per heavy atom. The highest BCUT2D eigenvalue weighted by atomic mass is 32.1. The predicted octanol–water partition coefficient (Wildman–Crippen LogP) is 17.1. The molecule has 0 unspecified atom stereocenters. The molecule has 60 heavy (non-hydrogen) atoms. The van der Waals surface area contributed by atoms with Gasteiger partial charge in [-0.25, -0.2) is 0 Å². The fraction of sp³-hybridized carbons (Fsp3) is 0. The number of rotatable bonds is 6. The molecular weight excluding hydrogens is 743 g/mol. The summed E-state index contributed by atoms with van der Waals surface area (Å²) in [4.78, 5) is 2.45. The number of hydrogen-bond acceptors (Lipinski definition) is 2. The van der Waals surface area contributed by atoms with Crippen LogP contribution in [0.1, 0.15) is 0 Å². The Bertz CT molecular complexity index is 3590. The van der Waals surface area contributed by atoms with Crippen molar-refractivity contribution in [2.24, 2.45) is 0 Å². The quantitative estimate of drug-likeness (QED) is 0.152. The topological polar surface area (TPSA) is 3.24 Å². The molecule has 0 aliphatic rings. The Morgan fingerprint density at radius 2 is 0.783 bits per heavy atom. The van der Waals surface area contributed by atoms with Gasteiger partial charge in [-0.3, -0.25) is 0 Å². The molecule has 0 aliphatic heterocycles. The Morgan fingerprint density at radius 1 is 0.267 bits per heavy atom. The van der Waals surface area contributed by atoms with Crippen molar-refractivity contribution in [3.63, 3.8) is 0 Å². The molecule has 0 saturated heterocycles. The maximum atomic E-state index is 2.45. The van der Waals surface area contributed by atoms with Crippen LogP contribution in [0, 0.1) is 0 Å². The first-order valence-electron chi connectivity index (χ1n) is 20.6. The van der Waals surface area contributed by atoms with Crippen LogP contribution in [0.3, 0.4) is 0 Å². The first kappa shape index (κ1) is 34.5. The van der Waals surface area contributed by atoms with Crippen LogP contribution in [0.15, 0.2) is 224 Å². The Balaban J connectivity index is 1.06. The fourth-order valence-corrected chi connectivity index (χ4v) is 10.6. The third-order valence-electron chi connectivity index (χ3n) is 12.2. The van der Waals surface area contributed by atoms with Gasteiger partial charge in [0.15, 0.2) is 0 Å². The summed E-state index contributed by atoms with van der Waals surface area (Å²) in [5, 5.41) is 12.6. The van der Waals surface area contributed by atoms with E-state index in [9.17, 15) is 0 Å². The van der Waals surface area contributed by atoms with Gasteiger partial charge >= 0.3 is 0 Å². The molecule has 1 heterocycles. The van der Waals surface area contributed by atoms with E-state index >= 15 is 0 Å². The van der Waals surface area contributed by atoms with Gasteiger partial charge in [-0.2, -0.15) is 0 Å². The molecule has 0 atom stereocenters. The van der Waals surface area contributed by atoms with E-state index in [1.165, 1.54) is 96.6 Å². The smallest absolute Gasteiger partial charge is 0.0546 e. The standard InChI is InChI=1S/C58H37NS/c1-3-15-39(16-4-1)57-51-25-12-10-22-47(51)48-33-29-41(35-53(48)58(57)40-17-5-2-6-18-40)38-27-30-43(31-28-38)59(44-32-34-56-52(37-44)50-24-13-14-26-55(50)60-56)54-36-42-19-7-8-20-45(42)46-21-9-11-23-49(46)54/h1-37H. The van der Waals surface area contributed by atoms with Gasteiger partial charge in [-0.15, -0.1) is 11.3 Å². The Labute approximate surface area is 352 Å². The van der Waals surface area contributed by atoms with E-state index in [-0.39, 0.29) is 0 Å². The van der Waals surface area contributed by atoms with E-state index < -0.39 is 0 Å². The van der Waals surface area contributed by atoms with Crippen LogP contribution in [-0.4, -0.2) is 0 Å². The number of nitrogens with zero attached hydrogens (tertiary/aromatic N) is 1. The van der Waals surface area contributed by atoms with Gasteiger partial charge in [0.25, 0.3) is 0 Å². The van der Waals surface area contributed by atoms with E-state index in [2.05, 4.69) is 229 Å². The van der Waals surface area contributed by atoms with Gasteiger partial charge in [-0.05, 0) is 120 Å². The SMILES string of the molecule is c1ccc(-c2c(-c3ccccc3)c3cc(-c4ccc(N(c5ccc6sc7ccccc7c6c5)c5cc6ccccc6c6ccccc56)cc4)ccc3c3ccccc23)cc1. The van der Waals surface area contributed by atoms with Gasteiger partial charge in [0.2, 0.25) is 0 Å². The summed E-state index contributed by atoms with van der Waals surface area (Å²) in [7, 11) is 0. The van der Waals surface area contributed by atoms with Crippen LogP contribution in [0.25, 0.3) is 96.6 Å². The van der Waals surface area contributed by atoms with Gasteiger partial charge in [0.05, 0.1) is 5.69 Å². The van der Waals surface area contributed by atoms with Crippen molar-refractivity contribution in [1.82, 2.24) is 0 Å². The summed E-state index contributed by atoms with van der Waals surface area (Å²) in [5.41, 5.74) is 10.7. The van der Waals surface area contributed by atoms with Crippen molar-refractivity contribution in [1.29, 1.82) is 0 Å². The molecule has 280 valence electrons. The molecule has 0 N–H and O–H groups in total.